The summed E-state index contributed by atoms with van der Waals surface area (Å²) in [6.45, 7) is 6.58. The Balaban J connectivity index is 3.92. The summed E-state index contributed by atoms with van der Waals surface area (Å²) in [5.41, 5.74) is 0. The van der Waals surface area contributed by atoms with Gasteiger partial charge in [0, 0.05) is 0 Å². The van der Waals surface area contributed by atoms with Gasteiger partial charge in [0.1, 0.15) is 13.2 Å². The number of rotatable bonds is 33. The van der Waals surface area contributed by atoms with E-state index in [4.69, 9.17) is 13.6 Å². The minimum absolute atomic E-state index is 0.381. The van der Waals surface area contributed by atoms with Crippen LogP contribution in [0.4, 0.5) is 0 Å². The van der Waals surface area contributed by atoms with E-state index in [0.717, 1.165) is 36.7 Å². The summed E-state index contributed by atoms with van der Waals surface area (Å²) >= 11 is 0. The Morgan fingerprint density at radius 1 is 0.463 bits per heavy atom. The van der Waals surface area contributed by atoms with Crippen molar-refractivity contribution in [1.82, 2.24) is 0 Å². The summed E-state index contributed by atoms with van der Waals surface area (Å²) in [5.74, 6) is 0. The van der Waals surface area contributed by atoms with E-state index >= 15 is 0 Å². The Bertz CT molecular complexity index is 605. The molecule has 0 rings (SSSR count). The highest BCUT2D eigenvalue weighted by molar-refractivity contribution is 7.48. The van der Waals surface area contributed by atoms with E-state index < -0.39 is 7.82 Å². The Kier molecular flexibility index (Phi) is 29.7. The molecule has 0 aromatic carbocycles. The van der Waals surface area contributed by atoms with E-state index in [-0.39, 0.29) is 0 Å². The van der Waals surface area contributed by atoms with Crippen molar-refractivity contribution >= 4 is 7.82 Å². The molecule has 0 radical (unpaired) electrons. The summed E-state index contributed by atoms with van der Waals surface area (Å²) in [4.78, 5) is 0. The summed E-state index contributed by atoms with van der Waals surface area (Å²) in [6, 6.07) is 0. The van der Waals surface area contributed by atoms with Crippen molar-refractivity contribution < 1.29 is 22.6 Å². The third kappa shape index (κ3) is 32.6. The molecule has 246 valence electrons. The monoisotopic (exact) mass is 603 g/mol. The Morgan fingerprint density at radius 3 is 1.15 bits per heavy atom. The first kappa shape index (κ1) is 40.8. The SMILES string of the molecule is CCCCCCCC/C=C\CCCCCCCCOP(=O)(OCCCCCCCCCCCC)OCC[N+](C)(C)C. The van der Waals surface area contributed by atoms with Crippen LogP contribution in [0.15, 0.2) is 12.2 Å². The third-order valence-electron chi connectivity index (χ3n) is 7.66. The minimum Gasteiger partial charge on any atom is -0.329 e. The number of nitrogens with zero attached hydrogens (tertiary/aromatic N) is 1. The summed E-state index contributed by atoms with van der Waals surface area (Å²) in [6.07, 6.45) is 35.2. The smallest absolute Gasteiger partial charge is 0.329 e. The predicted molar refractivity (Wildman–Crippen MR) is 180 cm³/mol. The van der Waals surface area contributed by atoms with Crippen molar-refractivity contribution in [3.63, 3.8) is 0 Å². The third-order valence-corrected chi connectivity index (χ3v) is 9.16. The maximum absolute atomic E-state index is 13.2. The molecule has 6 heteroatoms. The number of unbranched alkanes of at least 4 members (excludes halogenated alkanes) is 21. The molecule has 0 N–H and O–H groups in total. The van der Waals surface area contributed by atoms with Crippen molar-refractivity contribution in [1.29, 1.82) is 0 Å². The van der Waals surface area contributed by atoms with Crippen LogP contribution in [0.5, 0.6) is 0 Å². The summed E-state index contributed by atoms with van der Waals surface area (Å²) in [7, 11) is 2.82. The van der Waals surface area contributed by atoms with Crippen molar-refractivity contribution in [2.45, 2.75) is 168 Å². The molecule has 0 aliphatic heterocycles. The van der Waals surface area contributed by atoms with Crippen LogP contribution in [0.2, 0.25) is 0 Å². The van der Waals surface area contributed by atoms with Gasteiger partial charge in [-0.1, -0.05) is 142 Å². The van der Waals surface area contributed by atoms with E-state index in [0.29, 0.717) is 19.8 Å². The molecule has 0 fully saturated rings. The number of phosphoric ester groups is 1. The van der Waals surface area contributed by atoms with Gasteiger partial charge in [0.15, 0.2) is 0 Å². The normalized spacial score (nSPS) is 13.8. The van der Waals surface area contributed by atoms with Crippen LogP contribution in [0.25, 0.3) is 0 Å². The van der Waals surface area contributed by atoms with E-state index in [2.05, 4.69) is 47.1 Å². The maximum Gasteiger partial charge on any atom is 0.474 e. The molecule has 0 bridgehead atoms. The van der Waals surface area contributed by atoms with E-state index in [1.807, 2.05) is 0 Å². The lowest BCUT2D eigenvalue weighted by Crippen LogP contribution is -2.37. The first-order valence-corrected chi connectivity index (χ1v) is 19.3. The number of hydrogen-bond donors (Lipinski definition) is 0. The van der Waals surface area contributed by atoms with Crippen LogP contribution >= 0.6 is 7.82 Å². The summed E-state index contributed by atoms with van der Waals surface area (Å²) in [5, 5.41) is 0. The fourth-order valence-electron chi connectivity index (χ4n) is 4.83. The molecule has 0 aromatic heterocycles. The van der Waals surface area contributed by atoms with E-state index in [1.54, 1.807) is 0 Å². The molecule has 0 aliphatic carbocycles. The van der Waals surface area contributed by atoms with Crippen LogP contribution in [-0.4, -0.2) is 52.0 Å². The van der Waals surface area contributed by atoms with Gasteiger partial charge in [-0.15, -0.1) is 0 Å². The molecule has 0 heterocycles. The highest BCUT2D eigenvalue weighted by Gasteiger charge is 2.27. The topological polar surface area (TPSA) is 44.8 Å². The number of likely N-dealkylation sites (N-methyl/N-ethyl adjacent to an activating group) is 1. The largest absolute Gasteiger partial charge is 0.474 e. The zero-order valence-corrected chi connectivity index (χ0v) is 29.4. The molecule has 41 heavy (non-hydrogen) atoms. The van der Waals surface area contributed by atoms with Gasteiger partial charge >= 0.3 is 7.82 Å². The van der Waals surface area contributed by atoms with Crippen molar-refractivity contribution in [2.75, 3.05) is 47.5 Å². The number of quaternary nitrogens is 1. The van der Waals surface area contributed by atoms with Crippen molar-refractivity contribution in [2.24, 2.45) is 0 Å². The standard InChI is InChI=1S/C35H73NO4P/c1-6-8-10-12-14-16-18-19-20-21-22-23-25-27-29-31-34-39-41(37,40-35-32-36(3,4)5)38-33-30-28-26-24-17-15-13-11-9-7-2/h19-20H,6-18,21-35H2,1-5H3/q+1/b20-19-. The summed E-state index contributed by atoms with van der Waals surface area (Å²) < 4.78 is 31.2. The molecular formula is C35H73NO4P+. The molecular weight excluding hydrogens is 529 g/mol. The number of hydrogen-bond acceptors (Lipinski definition) is 4. The molecule has 0 spiro atoms. The van der Waals surface area contributed by atoms with Gasteiger partial charge in [-0.2, -0.15) is 0 Å². The molecule has 0 saturated carbocycles. The van der Waals surface area contributed by atoms with E-state index in [9.17, 15) is 4.57 Å². The van der Waals surface area contributed by atoms with Gasteiger partial charge in [0.2, 0.25) is 0 Å². The second-order valence-electron chi connectivity index (χ2n) is 13.1. The van der Waals surface area contributed by atoms with Crippen molar-refractivity contribution in [3.05, 3.63) is 12.2 Å². The first-order chi connectivity index (χ1) is 19.8. The van der Waals surface area contributed by atoms with Crippen LogP contribution in [0.1, 0.15) is 168 Å². The maximum atomic E-state index is 13.2. The molecule has 0 amide bonds. The van der Waals surface area contributed by atoms with Gasteiger partial charge in [-0.3, -0.25) is 13.6 Å². The molecule has 0 saturated heterocycles. The number of allylic oxidation sites excluding steroid dienone is 2. The minimum atomic E-state index is -3.49. The predicted octanol–water partition coefficient (Wildman–Crippen LogP) is 11.8. The molecule has 0 aromatic rings. The van der Waals surface area contributed by atoms with Gasteiger partial charge < -0.3 is 4.48 Å². The van der Waals surface area contributed by atoms with Gasteiger partial charge in [0.25, 0.3) is 0 Å². The van der Waals surface area contributed by atoms with Gasteiger partial charge in [0.05, 0.1) is 34.4 Å². The van der Waals surface area contributed by atoms with Crippen LogP contribution < -0.4 is 0 Å². The Morgan fingerprint density at radius 2 is 0.780 bits per heavy atom. The van der Waals surface area contributed by atoms with Gasteiger partial charge in [-0.25, -0.2) is 4.57 Å². The fraction of sp³-hybridized carbons (Fsp3) is 0.943. The lowest BCUT2D eigenvalue weighted by atomic mass is 10.1. The Labute approximate surface area is 257 Å². The molecule has 0 aliphatic rings. The van der Waals surface area contributed by atoms with Gasteiger partial charge in [-0.05, 0) is 38.5 Å². The van der Waals surface area contributed by atoms with Crippen LogP contribution in [-0.2, 0) is 18.1 Å². The molecule has 5 nitrogen and oxygen atoms in total. The zero-order valence-electron chi connectivity index (χ0n) is 28.5. The Hall–Kier alpha value is -0.190. The highest BCUT2D eigenvalue weighted by atomic mass is 31.2. The fourth-order valence-corrected chi connectivity index (χ4v) is 6.06. The average molecular weight is 603 g/mol. The second kappa shape index (κ2) is 29.9. The van der Waals surface area contributed by atoms with E-state index in [1.165, 1.54) is 128 Å². The first-order valence-electron chi connectivity index (χ1n) is 17.8. The molecule has 1 unspecified atom stereocenters. The average Bonchev–Trinajstić information content (AvgIpc) is 2.93. The van der Waals surface area contributed by atoms with Crippen molar-refractivity contribution in [3.8, 4) is 0 Å². The number of phosphoric acid groups is 1. The van der Waals surface area contributed by atoms with Crippen LogP contribution in [0, 0.1) is 0 Å². The molecule has 1 atom stereocenters. The van der Waals surface area contributed by atoms with Crippen LogP contribution in [0.3, 0.4) is 0 Å². The quantitative estimate of drug-likeness (QED) is 0.0324. The zero-order chi connectivity index (χ0) is 30.3. The lowest BCUT2D eigenvalue weighted by molar-refractivity contribution is -0.870. The second-order valence-corrected chi connectivity index (χ2v) is 14.7. The highest BCUT2D eigenvalue weighted by Crippen LogP contribution is 2.49. The lowest BCUT2D eigenvalue weighted by Gasteiger charge is -2.25.